The molecule has 0 fully saturated rings. The average Bonchev–Trinajstić information content (AvgIpc) is 1.65. The zero-order chi connectivity index (χ0) is 5.86. The van der Waals surface area contributed by atoms with E-state index in [9.17, 15) is 4.79 Å². The van der Waals surface area contributed by atoms with E-state index in [-0.39, 0.29) is 26.0 Å². The molecule has 0 aliphatic rings. The number of aliphatic carboxylic acids is 1. The normalized spacial score (nSPS) is 11.8. The average molecular weight is 129 g/mol. The van der Waals surface area contributed by atoms with Crippen LogP contribution in [0.15, 0.2) is 0 Å². The fourth-order valence-electron chi connectivity index (χ4n) is 0.0781. The van der Waals surface area contributed by atoms with E-state index >= 15 is 0 Å². The maximum atomic E-state index is 9.76. The van der Waals surface area contributed by atoms with E-state index in [0.717, 1.165) is 0 Å². The number of hydrogen-bond donors (Lipinski definition) is 3. The van der Waals surface area contributed by atoms with E-state index in [0.29, 0.717) is 0 Å². The Balaban J connectivity index is -0.000000180. The van der Waals surface area contributed by atoms with Crippen LogP contribution >= 0.6 is 12.6 Å². The van der Waals surface area contributed by atoms with Gasteiger partial charge in [0.05, 0.1) is 0 Å². The van der Waals surface area contributed by atoms with Crippen molar-refractivity contribution in [2.24, 2.45) is 5.73 Å². The van der Waals surface area contributed by atoms with Crippen LogP contribution in [0.25, 0.3) is 0 Å². The predicted octanol–water partition coefficient (Wildman–Crippen LogP) is -3.56. The van der Waals surface area contributed by atoms with Gasteiger partial charge < -0.3 is 12.3 Å². The van der Waals surface area contributed by atoms with Gasteiger partial charge in [-0.15, -0.1) is 0 Å². The number of rotatable bonds is 2. The molecule has 1 unspecified atom stereocenters. The van der Waals surface area contributed by atoms with Gasteiger partial charge in [0.25, 0.3) is 0 Å². The summed E-state index contributed by atoms with van der Waals surface area (Å²) >= 11 is 3.65. The van der Waals surface area contributed by atoms with Gasteiger partial charge >= 0.3 is 24.8 Å². The number of nitrogens with two attached hydrogens (primary N) is 1. The largest absolute Gasteiger partial charge is 1.00 e. The third-order valence-corrected chi connectivity index (χ3v) is 0.907. The molecule has 0 aromatic rings. The summed E-state index contributed by atoms with van der Waals surface area (Å²) < 4.78 is 0. The molecule has 1 atom stereocenters. The molecular formula is C3H8LiNO2S. The Kier molecular flexibility index (Phi) is 7.73. The van der Waals surface area contributed by atoms with Crippen LogP contribution in [0, 0.1) is 0 Å². The zero-order valence-corrected chi connectivity index (χ0v) is 5.56. The fourth-order valence-corrected chi connectivity index (χ4v) is 0.234. The summed E-state index contributed by atoms with van der Waals surface area (Å²) in [5, 5.41) is 8.01. The first-order valence-electron chi connectivity index (χ1n) is 1.77. The molecule has 0 saturated heterocycles. The van der Waals surface area contributed by atoms with Crippen LogP contribution in [-0.2, 0) is 4.79 Å². The summed E-state index contributed by atoms with van der Waals surface area (Å²) in [5.41, 5.74) is 4.94. The minimum atomic E-state index is -1.00. The van der Waals surface area contributed by atoms with Crippen LogP contribution in [0.3, 0.4) is 0 Å². The molecule has 0 aromatic carbocycles. The number of hydrogen-bond acceptors (Lipinski definition) is 3. The third-order valence-electron chi connectivity index (χ3n) is 0.514. The molecular weight excluding hydrogens is 121 g/mol. The van der Waals surface area contributed by atoms with Gasteiger partial charge in [0.2, 0.25) is 0 Å². The molecule has 0 aliphatic heterocycles. The molecule has 3 nitrogen and oxygen atoms in total. The minimum Gasteiger partial charge on any atom is -1.00 e. The first-order valence-corrected chi connectivity index (χ1v) is 2.41. The number of carboxylic acids is 1. The van der Waals surface area contributed by atoms with Gasteiger partial charge in [-0.3, -0.25) is 4.79 Å². The van der Waals surface area contributed by atoms with E-state index in [1.807, 2.05) is 0 Å². The Morgan fingerprint density at radius 1 is 2.00 bits per heavy atom. The Bertz CT molecular complexity index is 84.2. The second-order valence-electron chi connectivity index (χ2n) is 1.13. The van der Waals surface area contributed by atoms with Crippen molar-refractivity contribution in [1.82, 2.24) is 0 Å². The van der Waals surface area contributed by atoms with Crippen LogP contribution in [0.2, 0.25) is 0 Å². The van der Waals surface area contributed by atoms with E-state index in [2.05, 4.69) is 12.6 Å². The van der Waals surface area contributed by atoms with Crippen molar-refractivity contribution < 1.29 is 30.2 Å². The van der Waals surface area contributed by atoms with Crippen LogP contribution < -0.4 is 24.6 Å². The van der Waals surface area contributed by atoms with Gasteiger partial charge in [-0.25, -0.2) is 0 Å². The topological polar surface area (TPSA) is 63.3 Å². The molecule has 0 amide bonds. The van der Waals surface area contributed by atoms with Crippen LogP contribution in [-0.4, -0.2) is 22.9 Å². The first kappa shape index (κ1) is 11.2. The zero-order valence-electron chi connectivity index (χ0n) is 5.66. The molecule has 8 heavy (non-hydrogen) atoms. The van der Waals surface area contributed by atoms with Crippen molar-refractivity contribution in [3.8, 4) is 0 Å². The fraction of sp³-hybridized carbons (Fsp3) is 0.667. The maximum absolute atomic E-state index is 9.76. The van der Waals surface area contributed by atoms with E-state index in [1.165, 1.54) is 0 Å². The Hall–Kier alpha value is 0.377. The molecule has 44 valence electrons. The summed E-state index contributed by atoms with van der Waals surface area (Å²) in [4.78, 5) is 9.76. The van der Waals surface area contributed by atoms with Gasteiger partial charge in [0, 0.05) is 5.75 Å². The standard InChI is InChI=1S/C3H7NO2S.Li.H/c4-2(1-7)3(5)6;;/h2,7H,1,4H2,(H,5,6);;/q;+1;-1. The van der Waals surface area contributed by atoms with Crippen molar-refractivity contribution in [2.45, 2.75) is 6.04 Å². The molecule has 0 radical (unpaired) electrons. The van der Waals surface area contributed by atoms with Crippen LogP contribution in [0.4, 0.5) is 0 Å². The minimum absolute atomic E-state index is 0. The predicted molar refractivity (Wildman–Crippen MR) is 30.6 cm³/mol. The SMILES string of the molecule is NC(CS)C(=O)O.[H-].[Li+]. The van der Waals surface area contributed by atoms with Crippen molar-refractivity contribution >= 4 is 18.6 Å². The first-order chi connectivity index (χ1) is 3.18. The van der Waals surface area contributed by atoms with E-state index in [4.69, 9.17) is 10.8 Å². The molecule has 0 saturated carbocycles. The summed E-state index contributed by atoms with van der Waals surface area (Å²) in [7, 11) is 0. The number of carboxylic acid groups (broad SMARTS) is 1. The third kappa shape index (κ3) is 4.53. The molecule has 0 rings (SSSR count). The molecule has 5 heteroatoms. The monoisotopic (exact) mass is 129 g/mol. The van der Waals surface area contributed by atoms with Crippen molar-refractivity contribution in [3.63, 3.8) is 0 Å². The van der Waals surface area contributed by atoms with Gasteiger partial charge in [0.1, 0.15) is 6.04 Å². The maximum Gasteiger partial charge on any atom is 1.00 e. The van der Waals surface area contributed by atoms with E-state index in [1.54, 1.807) is 0 Å². The Labute approximate surface area is 66.7 Å². The summed E-state index contributed by atoms with van der Waals surface area (Å²) in [5.74, 6) is -0.815. The Morgan fingerprint density at radius 2 is 2.38 bits per heavy atom. The van der Waals surface area contributed by atoms with Crippen LogP contribution in [0.1, 0.15) is 1.43 Å². The van der Waals surface area contributed by atoms with E-state index < -0.39 is 12.0 Å². The molecule has 0 spiro atoms. The van der Waals surface area contributed by atoms with Crippen LogP contribution in [0.5, 0.6) is 0 Å². The number of thiol groups is 1. The van der Waals surface area contributed by atoms with Gasteiger partial charge in [-0.1, -0.05) is 0 Å². The summed E-state index contributed by atoms with van der Waals surface area (Å²) in [6.45, 7) is 0. The van der Waals surface area contributed by atoms with Crippen molar-refractivity contribution in [2.75, 3.05) is 5.75 Å². The molecule has 0 aromatic heterocycles. The molecule has 0 heterocycles. The molecule has 3 N–H and O–H groups in total. The Morgan fingerprint density at radius 3 is 2.38 bits per heavy atom. The second kappa shape index (κ2) is 5.51. The van der Waals surface area contributed by atoms with Gasteiger partial charge in [-0.05, 0) is 0 Å². The number of carbonyl (C=O) groups is 1. The van der Waals surface area contributed by atoms with Crippen molar-refractivity contribution in [3.05, 3.63) is 0 Å². The molecule has 0 aliphatic carbocycles. The smallest absolute Gasteiger partial charge is 1.00 e. The van der Waals surface area contributed by atoms with Gasteiger partial charge in [-0.2, -0.15) is 12.6 Å². The quantitative estimate of drug-likeness (QED) is 0.267. The van der Waals surface area contributed by atoms with Gasteiger partial charge in [0.15, 0.2) is 0 Å². The second-order valence-corrected chi connectivity index (χ2v) is 1.49. The summed E-state index contributed by atoms with van der Waals surface area (Å²) in [6.07, 6.45) is 0. The molecule has 0 bridgehead atoms. The summed E-state index contributed by atoms with van der Waals surface area (Å²) in [6, 6.07) is -0.816. The van der Waals surface area contributed by atoms with Crippen molar-refractivity contribution in [1.29, 1.82) is 0 Å².